The van der Waals surface area contributed by atoms with Crippen LogP contribution in [0.25, 0.3) is 0 Å². The molecule has 3 aliphatic rings. The lowest BCUT2D eigenvalue weighted by atomic mass is 9.67. The average Bonchev–Trinajstić information content (AvgIpc) is 2.69. The zero-order chi connectivity index (χ0) is 17.5. The van der Waals surface area contributed by atoms with Crippen molar-refractivity contribution in [3.05, 3.63) is 0 Å². The Morgan fingerprint density at radius 1 is 0.680 bits per heavy atom. The number of rotatable bonds is 7. The lowest BCUT2D eigenvalue weighted by molar-refractivity contribution is 0.124. The van der Waals surface area contributed by atoms with Gasteiger partial charge in [-0.2, -0.15) is 0 Å². The smallest absolute Gasteiger partial charge is 0.0386 e. The van der Waals surface area contributed by atoms with Gasteiger partial charge in [0, 0.05) is 0 Å². The summed E-state index contributed by atoms with van der Waals surface area (Å²) in [6, 6.07) is 0. The van der Waals surface area contributed by atoms with Gasteiger partial charge in [-0.25, -0.2) is 0 Å². The summed E-state index contributed by atoms with van der Waals surface area (Å²) in [5.41, 5.74) is 0. The Morgan fingerprint density at radius 3 is 1.88 bits per heavy atom. The second-order valence-corrected chi connectivity index (χ2v) is 10.3. The van der Waals surface area contributed by atoms with Gasteiger partial charge in [-0.15, -0.1) is 0 Å². The summed E-state index contributed by atoms with van der Waals surface area (Å²) in [4.78, 5) is 0. The van der Waals surface area contributed by atoms with Gasteiger partial charge in [0.15, 0.2) is 0 Å². The SMILES string of the molecule is CCC1CCC(C2CCC(C(C)CCCC3CCCCC3)CC2)CC1. The highest BCUT2D eigenvalue weighted by molar-refractivity contribution is 4.83. The third kappa shape index (κ3) is 6.00. The van der Waals surface area contributed by atoms with E-state index in [-0.39, 0.29) is 0 Å². The minimum Gasteiger partial charge on any atom is -0.0651 e. The van der Waals surface area contributed by atoms with E-state index in [1.165, 1.54) is 38.5 Å². The summed E-state index contributed by atoms with van der Waals surface area (Å²) in [6.07, 6.45) is 26.1. The quantitative estimate of drug-likeness (QED) is 0.434. The zero-order valence-corrected chi connectivity index (χ0v) is 17.5. The molecule has 3 fully saturated rings. The van der Waals surface area contributed by atoms with Crippen molar-refractivity contribution in [3.63, 3.8) is 0 Å². The highest BCUT2D eigenvalue weighted by Gasteiger charge is 2.31. The first-order valence-electron chi connectivity index (χ1n) is 12.3. The Morgan fingerprint density at radius 2 is 1.28 bits per heavy atom. The number of hydrogen-bond acceptors (Lipinski definition) is 0. The molecule has 146 valence electrons. The van der Waals surface area contributed by atoms with E-state index >= 15 is 0 Å². The highest BCUT2D eigenvalue weighted by atomic mass is 14.4. The van der Waals surface area contributed by atoms with E-state index in [1.54, 1.807) is 70.6 Å². The van der Waals surface area contributed by atoms with E-state index in [9.17, 15) is 0 Å². The van der Waals surface area contributed by atoms with E-state index in [0.717, 1.165) is 35.5 Å². The summed E-state index contributed by atoms with van der Waals surface area (Å²) in [7, 11) is 0. The van der Waals surface area contributed by atoms with E-state index in [0.29, 0.717) is 0 Å². The van der Waals surface area contributed by atoms with Crippen molar-refractivity contribution in [1.29, 1.82) is 0 Å². The van der Waals surface area contributed by atoms with Gasteiger partial charge in [0.25, 0.3) is 0 Å². The van der Waals surface area contributed by atoms with Crippen LogP contribution in [0.4, 0.5) is 0 Å². The van der Waals surface area contributed by atoms with Crippen molar-refractivity contribution < 1.29 is 0 Å². The molecule has 0 heteroatoms. The van der Waals surface area contributed by atoms with Crippen LogP contribution >= 0.6 is 0 Å². The molecule has 0 radical (unpaired) electrons. The van der Waals surface area contributed by atoms with Crippen LogP contribution in [0.3, 0.4) is 0 Å². The van der Waals surface area contributed by atoms with Crippen LogP contribution in [0.1, 0.15) is 123 Å². The maximum atomic E-state index is 2.58. The summed E-state index contributed by atoms with van der Waals surface area (Å²) >= 11 is 0. The molecule has 0 saturated heterocycles. The third-order valence-corrected chi connectivity index (χ3v) is 8.75. The van der Waals surface area contributed by atoms with Gasteiger partial charge >= 0.3 is 0 Å². The van der Waals surface area contributed by atoms with Crippen molar-refractivity contribution in [1.82, 2.24) is 0 Å². The predicted octanol–water partition coefficient (Wildman–Crippen LogP) is 8.40. The first-order valence-corrected chi connectivity index (χ1v) is 12.3. The van der Waals surface area contributed by atoms with Gasteiger partial charge in [0.2, 0.25) is 0 Å². The normalized spacial score (nSPS) is 36.2. The summed E-state index contributed by atoms with van der Waals surface area (Å²) < 4.78 is 0. The standard InChI is InChI=1S/C25H46/c1-3-21-12-14-24(15-13-21)25-18-16-23(17-19-25)20(2)8-7-11-22-9-5-4-6-10-22/h20-25H,3-19H2,1-2H3. The molecule has 0 bridgehead atoms. The van der Waals surface area contributed by atoms with Gasteiger partial charge in [-0.1, -0.05) is 84.5 Å². The molecule has 0 aromatic heterocycles. The molecule has 3 aliphatic carbocycles. The molecule has 0 N–H and O–H groups in total. The Kier molecular flexibility index (Phi) is 8.19. The highest BCUT2D eigenvalue weighted by Crippen LogP contribution is 2.44. The molecule has 0 aromatic carbocycles. The third-order valence-electron chi connectivity index (χ3n) is 8.75. The minimum absolute atomic E-state index is 1.00. The van der Waals surface area contributed by atoms with Crippen LogP contribution in [0.15, 0.2) is 0 Å². The second-order valence-electron chi connectivity index (χ2n) is 10.3. The van der Waals surface area contributed by atoms with Crippen molar-refractivity contribution in [2.45, 2.75) is 123 Å². The van der Waals surface area contributed by atoms with Crippen molar-refractivity contribution in [2.24, 2.45) is 35.5 Å². The summed E-state index contributed by atoms with van der Waals surface area (Å²) in [5.74, 6) is 6.43. The maximum absolute atomic E-state index is 2.58. The minimum atomic E-state index is 1.00. The Balaban J connectivity index is 1.30. The molecule has 0 aromatic rings. The molecule has 1 atom stereocenters. The fourth-order valence-corrected chi connectivity index (χ4v) is 6.69. The largest absolute Gasteiger partial charge is 0.0651 e. The predicted molar refractivity (Wildman–Crippen MR) is 111 cm³/mol. The Bertz CT molecular complexity index is 337. The summed E-state index contributed by atoms with van der Waals surface area (Å²) in [6.45, 7) is 4.98. The molecule has 0 nitrogen and oxygen atoms in total. The topological polar surface area (TPSA) is 0 Å². The second kappa shape index (κ2) is 10.4. The Hall–Kier alpha value is 0. The molecule has 0 aliphatic heterocycles. The van der Waals surface area contributed by atoms with Gasteiger partial charge in [-0.3, -0.25) is 0 Å². The van der Waals surface area contributed by atoms with Crippen LogP contribution in [0.5, 0.6) is 0 Å². The monoisotopic (exact) mass is 346 g/mol. The van der Waals surface area contributed by atoms with Crippen LogP contribution in [-0.2, 0) is 0 Å². The molecule has 1 unspecified atom stereocenters. The lowest BCUT2D eigenvalue weighted by Gasteiger charge is -2.39. The molecule has 0 amide bonds. The van der Waals surface area contributed by atoms with Crippen molar-refractivity contribution >= 4 is 0 Å². The molecule has 3 saturated carbocycles. The molecule has 0 spiro atoms. The molecular formula is C25H46. The van der Waals surface area contributed by atoms with Gasteiger partial charge in [0.1, 0.15) is 0 Å². The first-order chi connectivity index (χ1) is 12.3. The molecule has 25 heavy (non-hydrogen) atoms. The van der Waals surface area contributed by atoms with E-state index in [2.05, 4.69) is 13.8 Å². The molecule has 0 heterocycles. The van der Waals surface area contributed by atoms with Crippen LogP contribution in [0.2, 0.25) is 0 Å². The summed E-state index contributed by atoms with van der Waals surface area (Å²) in [5, 5.41) is 0. The number of hydrogen-bond donors (Lipinski definition) is 0. The molecular weight excluding hydrogens is 300 g/mol. The maximum Gasteiger partial charge on any atom is -0.0386 e. The lowest BCUT2D eigenvalue weighted by Crippen LogP contribution is -2.27. The van der Waals surface area contributed by atoms with E-state index in [4.69, 9.17) is 0 Å². The van der Waals surface area contributed by atoms with Crippen LogP contribution < -0.4 is 0 Å². The van der Waals surface area contributed by atoms with Gasteiger partial charge in [0.05, 0.1) is 0 Å². The zero-order valence-electron chi connectivity index (χ0n) is 17.5. The fraction of sp³-hybridized carbons (Fsp3) is 1.00. The van der Waals surface area contributed by atoms with E-state index in [1.807, 2.05) is 0 Å². The first kappa shape index (κ1) is 19.8. The Labute approximate surface area is 158 Å². The van der Waals surface area contributed by atoms with Crippen LogP contribution in [0, 0.1) is 35.5 Å². The van der Waals surface area contributed by atoms with Crippen LogP contribution in [-0.4, -0.2) is 0 Å². The van der Waals surface area contributed by atoms with Gasteiger partial charge < -0.3 is 0 Å². The van der Waals surface area contributed by atoms with Crippen molar-refractivity contribution in [3.8, 4) is 0 Å². The van der Waals surface area contributed by atoms with E-state index < -0.39 is 0 Å². The van der Waals surface area contributed by atoms with Crippen molar-refractivity contribution in [2.75, 3.05) is 0 Å². The average molecular weight is 347 g/mol. The molecule has 3 rings (SSSR count). The van der Waals surface area contributed by atoms with Gasteiger partial charge in [-0.05, 0) is 74.0 Å². The fourth-order valence-electron chi connectivity index (χ4n) is 6.69.